The summed E-state index contributed by atoms with van der Waals surface area (Å²) in [6, 6.07) is 4.65. The van der Waals surface area contributed by atoms with Crippen LogP contribution in [0.15, 0.2) is 24.4 Å². The fourth-order valence-corrected chi connectivity index (χ4v) is 5.63. The van der Waals surface area contributed by atoms with Crippen LogP contribution in [0.2, 0.25) is 5.02 Å². The van der Waals surface area contributed by atoms with Gasteiger partial charge in [-0.3, -0.25) is 5.10 Å². The number of anilines is 2. The molecule has 182 valence electrons. The molecule has 6 rings (SSSR count). The van der Waals surface area contributed by atoms with Gasteiger partial charge in [0.05, 0.1) is 24.0 Å². The summed E-state index contributed by atoms with van der Waals surface area (Å²) in [6.07, 6.45) is 4.07. The van der Waals surface area contributed by atoms with Gasteiger partial charge in [-0.15, -0.1) is 0 Å². The SMILES string of the molecule is C[C@@H]1CN(c2nc(-c3ccc(Cl)cc3F)c3sc(N(C)C)nc3n2)C[C@H](c2c[nH]nc2C2CC2)O1. The van der Waals surface area contributed by atoms with E-state index in [9.17, 15) is 0 Å². The highest BCUT2D eigenvalue weighted by Crippen LogP contribution is 2.43. The van der Waals surface area contributed by atoms with Crippen LogP contribution in [0.3, 0.4) is 0 Å². The minimum Gasteiger partial charge on any atom is -0.367 e. The molecule has 11 heteroatoms. The third-order valence-electron chi connectivity index (χ3n) is 6.35. The molecule has 0 unspecified atom stereocenters. The Kier molecular flexibility index (Phi) is 5.62. The highest BCUT2D eigenvalue weighted by Gasteiger charge is 2.35. The van der Waals surface area contributed by atoms with E-state index < -0.39 is 5.82 Å². The van der Waals surface area contributed by atoms with Crippen molar-refractivity contribution in [1.82, 2.24) is 25.1 Å². The zero-order valence-corrected chi connectivity index (χ0v) is 21.2. The van der Waals surface area contributed by atoms with Crippen LogP contribution in [0.4, 0.5) is 15.5 Å². The van der Waals surface area contributed by atoms with E-state index in [-0.39, 0.29) is 12.2 Å². The summed E-state index contributed by atoms with van der Waals surface area (Å²) in [6.45, 7) is 3.23. The van der Waals surface area contributed by atoms with Crippen molar-refractivity contribution in [3.63, 3.8) is 0 Å². The Labute approximate surface area is 211 Å². The molecule has 0 radical (unpaired) electrons. The Balaban J connectivity index is 1.44. The van der Waals surface area contributed by atoms with Crippen molar-refractivity contribution in [1.29, 1.82) is 0 Å². The second-order valence-electron chi connectivity index (χ2n) is 9.38. The van der Waals surface area contributed by atoms with Crippen LogP contribution in [0.1, 0.15) is 43.0 Å². The maximum absolute atomic E-state index is 15.0. The van der Waals surface area contributed by atoms with Gasteiger partial charge in [0.25, 0.3) is 0 Å². The highest BCUT2D eigenvalue weighted by atomic mass is 35.5. The Hall–Kier alpha value is -2.82. The second-order valence-corrected chi connectivity index (χ2v) is 10.8. The Morgan fingerprint density at radius 1 is 1.20 bits per heavy atom. The van der Waals surface area contributed by atoms with Crippen molar-refractivity contribution in [2.75, 3.05) is 37.0 Å². The predicted molar refractivity (Wildman–Crippen MR) is 136 cm³/mol. The molecular formula is C24H25ClFN7OS. The first-order chi connectivity index (χ1) is 16.9. The maximum Gasteiger partial charge on any atom is 0.228 e. The number of halogens is 2. The van der Waals surface area contributed by atoms with Gasteiger partial charge in [-0.05, 0) is 38.0 Å². The largest absolute Gasteiger partial charge is 0.367 e. The molecule has 0 amide bonds. The third-order valence-corrected chi connectivity index (χ3v) is 7.81. The van der Waals surface area contributed by atoms with E-state index in [1.807, 2.05) is 32.1 Å². The minimum absolute atomic E-state index is 0.0431. The van der Waals surface area contributed by atoms with Gasteiger partial charge in [0, 0.05) is 48.9 Å². The van der Waals surface area contributed by atoms with Crippen molar-refractivity contribution >= 4 is 44.4 Å². The van der Waals surface area contributed by atoms with Crippen molar-refractivity contribution in [2.24, 2.45) is 0 Å². The van der Waals surface area contributed by atoms with Gasteiger partial charge >= 0.3 is 0 Å². The van der Waals surface area contributed by atoms with Crippen molar-refractivity contribution in [3.05, 3.63) is 46.5 Å². The van der Waals surface area contributed by atoms with E-state index in [2.05, 4.69) is 15.1 Å². The van der Waals surface area contributed by atoms with E-state index in [4.69, 9.17) is 31.3 Å². The van der Waals surface area contributed by atoms with E-state index in [1.165, 1.54) is 17.4 Å². The molecule has 0 spiro atoms. The quantitative estimate of drug-likeness (QED) is 0.393. The number of aromatic nitrogens is 5. The van der Waals surface area contributed by atoms with Gasteiger partial charge in [0.15, 0.2) is 10.8 Å². The number of nitrogens with zero attached hydrogens (tertiary/aromatic N) is 6. The van der Waals surface area contributed by atoms with Crippen molar-refractivity contribution < 1.29 is 9.13 Å². The zero-order chi connectivity index (χ0) is 24.3. The third kappa shape index (κ3) is 4.23. The average molecular weight is 514 g/mol. The summed E-state index contributed by atoms with van der Waals surface area (Å²) < 4.78 is 22.1. The smallest absolute Gasteiger partial charge is 0.228 e. The number of H-pyrrole nitrogens is 1. The van der Waals surface area contributed by atoms with Crippen molar-refractivity contribution in [2.45, 2.75) is 37.9 Å². The molecule has 4 heterocycles. The molecule has 3 aromatic heterocycles. The Morgan fingerprint density at radius 3 is 2.77 bits per heavy atom. The Bertz CT molecular complexity index is 1400. The van der Waals surface area contributed by atoms with Gasteiger partial charge in [0.1, 0.15) is 16.6 Å². The van der Waals surface area contributed by atoms with E-state index >= 15 is 4.39 Å². The van der Waals surface area contributed by atoms with Gasteiger partial charge in [-0.2, -0.15) is 15.1 Å². The molecule has 2 atom stereocenters. The molecule has 1 saturated carbocycles. The van der Waals surface area contributed by atoms with Crippen LogP contribution in [0.5, 0.6) is 0 Å². The fourth-order valence-electron chi connectivity index (χ4n) is 4.54. The summed E-state index contributed by atoms with van der Waals surface area (Å²) in [5.41, 5.74) is 3.63. The lowest BCUT2D eigenvalue weighted by Crippen LogP contribution is -2.43. The van der Waals surface area contributed by atoms with Gasteiger partial charge < -0.3 is 14.5 Å². The first-order valence-corrected chi connectivity index (χ1v) is 12.8. The van der Waals surface area contributed by atoms with E-state index in [0.29, 0.717) is 46.9 Å². The molecule has 1 N–H and O–H groups in total. The number of aromatic amines is 1. The second kappa shape index (κ2) is 8.69. The number of morpholine rings is 1. The molecule has 1 aliphatic carbocycles. The lowest BCUT2D eigenvalue weighted by Gasteiger charge is -2.37. The molecule has 8 nitrogen and oxygen atoms in total. The number of ether oxygens (including phenoxy) is 1. The Morgan fingerprint density at radius 2 is 2.03 bits per heavy atom. The molecule has 1 saturated heterocycles. The lowest BCUT2D eigenvalue weighted by atomic mass is 10.1. The number of hydrogen-bond donors (Lipinski definition) is 1. The summed E-state index contributed by atoms with van der Waals surface area (Å²) in [5.74, 6) is 0.593. The molecule has 4 aromatic rings. The summed E-state index contributed by atoms with van der Waals surface area (Å²) in [7, 11) is 3.84. The number of rotatable bonds is 5. The van der Waals surface area contributed by atoms with Gasteiger partial charge in [0.2, 0.25) is 5.95 Å². The standard InChI is InChI=1S/C24H25ClFN7OS/c1-12-10-33(11-18(34-12)16-9-27-31-19(16)13-4-5-13)23-28-20(15-7-6-14(25)8-17(15)26)21-22(29-23)30-24(35-21)32(2)3/h6-9,12-13,18H,4-5,10-11H2,1-3H3,(H,27,31)/t12-,18-/m1/s1. The molecule has 1 aliphatic heterocycles. The van der Waals surface area contributed by atoms with Crippen LogP contribution in [-0.2, 0) is 4.74 Å². The summed E-state index contributed by atoms with van der Waals surface area (Å²) in [4.78, 5) is 18.4. The number of nitrogens with one attached hydrogen (secondary N) is 1. The summed E-state index contributed by atoms with van der Waals surface area (Å²) >= 11 is 7.46. The summed E-state index contributed by atoms with van der Waals surface area (Å²) in [5, 5.41) is 8.63. The molecule has 2 aliphatic rings. The molecule has 2 fully saturated rings. The number of thiazole rings is 1. The first kappa shape index (κ1) is 22.6. The van der Waals surface area contributed by atoms with Crippen LogP contribution < -0.4 is 9.80 Å². The van der Waals surface area contributed by atoms with Crippen LogP contribution in [-0.4, -0.2) is 58.4 Å². The van der Waals surface area contributed by atoms with Crippen LogP contribution in [0.25, 0.3) is 21.6 Å². The van der Waals surface area contributed by atoms with Crippen LogP contribution in [0, 0.1) is 5.82 Å². The molecule has 0 bridgehead atoms. The van der Waals surface area contributed by atoms with Gasteiger partial charge in [-0.25, -0.2) is 9.37 Å². The van der Waals surface area contributed by atoms with E-state index in [0.717, 1.165) is 33.9 Å². The molecule has 35 heavy (non-hydrogen) atoms. The zero-order valence-electron chi connectivity index (χ0n) is 19.6. The molecular weight excluding hydrogens is 489 g/mol. The highest BCUT2D eigenvalue weighted by molar-refractivity contribution is 7.22. The normalized spacial score (nSPS) is 20.5. The van der Waals surface area contributed by atoms with Crippen LogP contribution >= 0.6 is 22.9 Å². The fraction of sp³-hybridized carbons (Fsp3) is 0.417. The first-order valence-electron chi connectivity index (χ1n) is 11.6. The maximum atomic E-state index is 15.0. The number of fused-ring (bicyclic) bond motifs is 1. The molecule has 1 aromatic carbocycles. The average Bonchev–Trinajstić information content (AvgIpc) is 3.37. The minimum atomic E-state index is -0.427. The van der Waals surface area contributed by atoms with Gasteiger partial charge in [-0.1, -0.05) is 22.9 Å². The number of hydrogen-bond acceptors (Lipinski definition) is 8. The van der Waals surface area contributed by atoms with Crippen molar-refractivity contribution in [3.8, 4) is 11.3 Å². The predicted octanol–water partition coefficient (Wildman–Crippen LogP) is 5.18. The number of benzene rings is 1. The topological polar surface area (TPSA) is 83.1 Å². The lowest BCUT2D eigenvalue weighted by molar-refractivity contribution is -0.0182. The monoisotopic (exact) mass is 513 g/mol. The van der Waals surface area contributed by atoms with E-state index in [1.54, 1.807) is 12.1 Å².